The lowest BCUT2D eigenvalue weighted by atomic mass is 10.0. The highest BCUT2D eigenvalue weighted by molar-refractivity contribution is 7.91. The van der Waals surface area contributed by atoms with Crippen molar-refractivity contribution in [1.82, 2.24) is 9.80 Å². The average Bonchev–Trinajstić information content (AvgIpc) is 3.12. The molecule has 3 aliphatic rings. The van der Waals surface area contributed by atoms with E-state index in [1.807, 2.05) is 6.07 Å². The maximum atomic E-state index is 12.2. The molecule has 1 N–H and O–H groups in total. The van der Waals surface area contributed by atoms with E-state index in [0.29, 0.717) is 29.6 Å². The first kappa shape index (κ1) is 17.4. The predicted octanol–water partition coefficient (Wildman–Crippen LogP) is 0.344. The van der Waals surface area contributed by atoms with Crippen LogP contribution in [0, 0.1) is 0 Å². The van der Waals surface area contributed by atoms with E-state index in [4.69, 9.17) is 21.1 Å². The Bertz CT molecular complexity index is 772. The van der Waals surface area contributed by atoms with Crippen LogP contribution in [-0.4, -0.2) is 79.9 Å². The van der Waals surface area contributed by atoms with Crippen molar-refractivity contribution in [2.24, 2.45) is 0 Å². The summed E-state index contributed by atoms with van der Waals surface area (Å²) in [4.78, 5) is 4.28. The second-order valence-electron chi connectivity index (χ2n) is 6.74. The summed E-state index contributed by atoms with van der Waals surface area (Å²) < 4.78 is 35.1. The predicted molar refractivity (Wildman–Crippen MR) is 92.9 cm³/mol. The number of hydrogen-bond donors (Lipinski definition) is 1. The minimum absolute atomic E-state index is 0.0389. The van der Waals surface area contributed by atoms with Gasteiger partial charge >= 0.3 is 0 Å². The summed E-state index contributed by atoms with van der Waals surface area (Å²) in [6.07, 6.45) is 0. The second kappa shape index (κ2) is 6.59. The van der Waals surface area contributed by atoms with E-state index in [0.717, 1.165) is 18.7 Å². The molecule has 1 aromatic rings. The molecule has 0 unspecified atom stereocenters. The topological polar surface area (TPSA) is 79.3 Å². The van der Waals surface area contributed by atoms with Crippen LogP contribution in [0.25, 0.3) is 0 Å². The SMILES string of the molecule is O=S1(=O)C[C@@H]2[C@H](C1)N(CCO)CCN2Cc1cc2c(cc1Cl)OCO2. The molecule has 3 heterocycles. The molecular weight excluding hydrogens is 368 g/mol. The summed E-state index contributed by atoms with van der Waals surface area (Å²) in [7, 11) is -3.07. The summed E-state index contributed by atoms with van der Waals surface area (Å²) in [6.45, 7) is 2.78. The summed E-state index contributed by atoms with van der Waals surface area (Å²) >= 11 is 6.38. The lowest BCUT2D eigenvalue weighted by molar-refractivity contribution is 0.0307. The van der Waals surface area contributed by atoms with E-state index >= 15 is 0 Å². The number of piperazine rings is 1. The number of β-amino-alcohol motifs (C(OH)–C–C–N with tert-alkyl or cyclic N) is 1. The van der Waals surface area contributed by atoms with E-state index in [2.05, 4.69) is 9.80 Å². The van der Waals surface area contributed by atoms with Gasteiger partial charge in [0.05, 0.1) is 18.1 Å². The van der Waals surface area contributed by atoms with Gasteiger partial charge in [-0.05, 0) is 11.6 Å². The molecule has 0 saturated carbocycles. The Morgan fingerprint density at radius 2 is 1.76 bits per heavy atom. The highest BCUT2D eigenvalue weighted by atomic mass is 35.5. The Kier molecular flexibility index (Phi) is 4.57. The first-order valence-corrected chi connectivity index (χ1v) is 10.5. The van der Waals surface area contributed by atoms with Crippen LogP contribution in [-0.2, 0) is 16.4 Å². The van der Waals surface area contributed by atoms with Gasteiger partial charge in [-0.1, -0.05) is 11.6 Å². The molecule has 9 heteroatoms. The monoisotopic (exact) mass is 388 g/mol. The Morgan fingerprint density at radius 1 is 1.12 bits per heavy atom. The van der Waals surface area contributed by atoms with Crippen molar-refractivity contribution in [2.75, 3.05) is 44.5 Å². The highest BCUT2D eigenvalue weighted by Crippen LogP contribution is 2.38. The van der Waals surface area contributed by atoms with E-state index in [1.165, 1.54) is 0 Å². The Labute approximate surface area is 152 Å². The molecule has 25 heavy (non-hydrogen) atoms. The number of ether oxygens (including phenoxy) is 2. The number of halogens is 1. The molecular formula is C16H21ClN2O5S. The largest absolute Gasteiger partial charge is 0.454 e. The van der Waals surface area contributed by atoms with Gasteiger partial charge in [0.25, 0.3) is 0 Å². The molecule has 0 aromatic heterocycles. The number of sulfone groups is 1. The van der Waals surface area contributed by atoms with Gasteiger partial charge in [-0.3, -0.25) is 9.80 Å². The number of aliphatic hydroxyl groups is 1. The first-order valence-electron chi connectivity index (χ1n) is 8.34. The average molecular weight is 389 g/mol. The van der Waals surface area contributed by atoms with Crippen molar-refractivity contribution < 1.29 is 23.0 Å². The molecule has 7 nitrogen and oxygen atoms in total. The molecule has 0 aliphatic carbocycles. The van der Waals surface area contributed by atoms with E-state index in [9.17, 15) is 13.5 Å². The van der Waals surface area contributed by atoms with Gasteiger partial charge in [0, 0.05) is 49.4 Å². The first-order chi connectivity index (χ1) is 12.0. The zero-order valence-electron chi connectivity index (χ0n) is 13.7. The number of rotatable bonds is 4. The van der Waals surface area contributed by atoms with E-state index < -0.39 is 9.84 Å². The Hall–Kier alpha value is -1.06. The summed E-state index contributed by atoms with van der Waals surface area (Å²) in [5.74, 6) is 1.63. The van der Waals surface area contributed by atoms with Gasteiger partial charge in [0.15, 0.2) is 21.3 Å². The van der Waals surface area contributed by atoms with E-state index in [-0.39, 0.29) is 37.0 Å². The molecule has 138 valence electrons. The molecule has 2 atom stereocenters. The van der Waals surface area contributed by atoms with Crippen LogP contribution in [0.3, 0.4) is 0 Å². The van der Waals surface area contributed by atoms with Crippen LogP contribution in [0.4, 0.5) is 0 Å². The lowest BCUT2D eigenvalue weighted by Gasteiger charge is -2.43. The molecule has 0 radical (unpaired) electrons. The van der Waals surface area contributed by atoms with Crippen molar-refractivity contribution in [1.29, 1.82) is 0 Å². The van der Waals surface area contributed by atoms with Crippen molar-refractivity contribution in [2.45, 2.75) is 18.6 Å². The summed E-state index contributed by atoms with van der Waals surface area (Å²) in [5, 5.41) is 9.84. The number of nitrogens with zero attached hydrogens (tertiary/aromatic N) is 2. The molecule has 0 spiro atoms. The standard InChI is InChI=1S/C16H21ClN2O5S/c17-12-6-16-15(23-10-24-16)5-11(12)7-19-2-1-18(3-4-20)13-8-25(21,22)9-14(13)19/h5-6,13-14,20H,1-4,7-10H2/t13-,14+/m0/s1. The van der Waals surface area contributed by atoms with Crippen LogP contribution < -0.4 is 9.47 Å². The van der Waals surface area contributed by atoms with Gasteiger partial charge in [0.2, 0.25) is 6.79 Å². The molecule has 0 amide bonds. The van der Waals surface area contributed by atoms with Crippen molar-refractivity contribution in [3.05, 3.63) is 22.7 Å². The molecule has 3 aliphatic heterocycles. The molecule has 1 aromatic carbocycles. The van der Waals surface area contributed by atoms with Crippen LogP contribution >= 0.6 is 11.6 Å². The minimum Gasteiger partial charge on any atom is -0.454 e. The minimum atomic E-state index is -3.07. The van der Waals surface area contributed by atoms with Crippen LogP contribution in [0.5, 0.6) is 11.5 Å². The quantitative estimate of drug-likeness (QED) is 0.797. The Balaban J connectivity index is 1.57. The fraction of sp³-hybridized carbons (Fsp3) is 0.625. The third-order valence-electron chi connectivity index (χ3n) is 5.21. The number of benzene rings is 1. The van der Waals surface area contributed by atoms with Gasteiger partial charge in [-0.2, -0.15) is 0 Å². The molecule has 2 fully saturated rings. The summed E-state index contributed by atoms with van der Waals surface area (Å²) in [6, 6.07) is 3.48. The van der Waals surface area contributed by atoms with Crippen molar-refractivity contribution >= 4 is 21.4 Å². The summed E-state index contributed by atoms with van der Waals surface area (Å²) in [5.41, 5.74) is 0.907. The lowest BCUT2D eigenvalue weighted by Crippen LogP contribution is -2.59. The van der Waals surface area contributed by atoms with Crippen molar-refractivity contribution in [3.8, 4) is 11.5 Å². The van der Waals surface area contributed by atoms with Gasteiger partial charge in [0.1, 0.15) is 0 Å². The normalized spacial score (nSPS) is 28.2. The zero-order valence-corrected chi connectivity index (χ0v) is 15.3. The number of hydrogen-bond acceptors (Lipinski definition) is 7. The molecule has 0 bridgehead atoms. The van der Waals surface area contributed by atoms with Crippen LogP contribution in [0.2, 0.25) is 5.02 Å². The smallest absolute Gasteiger partial charge is 0.231 e. The van der Waals surface area contributed by atoms with Crippen LogP contribution in [0.1, 0.15) is 5.56 Å². The molecule has 4 rings (SSSR count). The third kappa shape index (κ3) is 3.33. The zero-order chi connectivity index (χ0) is 17.6. The maximum absolute atomic E-state index is 12.2. The van der Waals surface area contributed by atoms with Crippen molar-refractivity contribution in [3.63, 3.8) is 0 Å². The van der Waals surface area contributed by atoms with Gasteiger partial charge in [-0.25, -0.2) is 8.42 Å². The Morgan fingerprint density at radius 3 is 2.48 bits per heavy atom. The number of fused-ring (bicyclic) bond motifs is 2. The van der Waals surface area contributed by atoms with E-state index in [1.54, 1.807) is 6.07 Å². The van der Waals surface area contributed by atoms with Gasteiger partial charge in [-0.15, -0.1) is 0 Å². The fourth-order valence-electron chi connectivity index (χ4n) is 4.00. The third-order valence-corrected chi connectivity index (χ3v) is 7.26. The number of aliphatic hydroxyl groups excluding tert-OH is 1. The molecule has 2 saturated heterocycles. The maximum Gasteiger partial charge on any atom is 0.231 e. The second-order valence-corrected chi connectivity index (χ2v) is 9.30. The van der Waals surface area contributed by atoms with Gasteiger partial charge < -0.3 is 14.6 Å². The highest BCUT2D eigenvalue weighted by Gasteiger charge is 2.46. The fourth-order valence-corrected chi connectivity index (χ4v) is 6.25. The van der Waals surface area contributed by atoms with Crippen LogP contribution in [0.15, 0.2) is 12.1 Å².